The molecule has 4 rings (SSSR count). The van der Waals surface area contributed by atoms with E-state index in [0.29, 0.717) is 35.0 Å². The Morgan fingerprint density at radius 1 is 1.37 bits per heavy atom. The van der Waals surface area contributed by atoms with Gasteiger partial charge in [0.25, 0.3) is 0 Å². The van der Waals surface area contributed by atoms with Crippen molar-refractivity contribution in [3.63, 3.8) is 0 Å². The van der Waals surface area contributed by atoms with Crippen LogP contribution in [0.15, 0.2) is 24.5 Å². The Morgan fingerprint density at radius 2 is 2.22 bits per heavy atom. The lowest BCUT2D eigenvalue weighted by atomic mass is 9.97. The van der Waals surface area contributed by atoms with Crippen molar-refractivity contribution in [3.05, 3.63) is 35.4 Å². The maximum absolute atomic E-state index is 12.5. The summed E-state index contributed by atoms with van der Waals surface area (Å²) < 4.78 is 7.37. The molecule has 1 N–H and O–H groups in total. The van der Waals surface area contributed by atoms with Gasteiger partial charge in [-0.2, -0.15) is 0 Å². The van der Waals surface area contributed by atoms with E-state index in [1.165, 1.54) is 12.8 Å². The van der Waals surface area contributed by atoms with Gasteiger partial charge in [0.2, 0.25) is 5.91 Å². The monoisotopic (exact) mass is 389 g/mol. The number of nitrogens with one attached hydrogen (secondary N) is 1. The summed E-state index contributed by atoms with van der Waals surface area (Å²) in [4.78, 5) is 14.7. The van der Waals surface area contributed by atoms with Crippen molar-refractivity contribution in [2.45, 2.75) is 37.6 Å². The molecule has 0 radical (unpaired) electrons. The van der Waals surface area contributed by atoms with Gasteiger partial charge in [-0.1, -0.05) is 11.6 Å². The molecule has 144 valence electrons. The number of hydrogen-bond acceptors (Lipinski definition) is 5. The molecule has 1 aliphatic carbocycles. The van der Waals surface area contributed by atoms with E-state index in [1.54, 1.807) is 25.3 Å². The van der Waals surface area contributed by atoms with Crippen molar-refractivity contribution < 1.29 is 9.53 Å². The Labute approximate surface area is 163 Å². The second-order valence-corrected chi connectivity index (χ2v) is 7.71. The smallest absolute Gasteiger partial charge is 0.238 e. The third-order valence-corrected chi connectivity index (χ3v) is 5.51. The number of carbonyl (C=O) groups is 1. The van der Waals surface area contributed by atoms with Crippen LogP contribution < -0.4 is 10.1 Å². The number of likely N-dealkylation sites (tertiary alicyclic amines) is 1. The standard InChI is InChI=1S/C19H24ClN5O2/c1-27-17-7-4-14(9-16(17)20)22-18(26)11-24-8-2-3-13(10-24)19-23-21-12-25(19)15-5-6-15/h4,7,9,12-13,15H,2-3,5-6,8,10-11H2,1H3,(H,22,26). The number of hydrogen-bond donors (Lipinski definition) is 1. The molecular formula is C19H24ClN5O2. The lowest BCUT2D eigenvalue weighted by molar-refractivity contribution is -0.117. The molecule has 1 atom stereocenters. The molecule has 7 nitrogen and oxygen atoms in total. The number of anilines is 1. The van der Waals surface area contributed by atoms with E-state index < -0.39 is 0 Å². The highest BCUT2D eigenvalue weighted by Crippen LogP contribution is 2.38. The van der Waals surface area contributed by atoms with E-state index in [4.69, 9.17) is 16.3 Å². The fraction of sp³-hybridized carbons (Fsp3) is 0.526. The van der Waals surface area contributed by atoms with Crippen molar-refractivity contribution in [2.24, 2.45) is 0 Å². The van der Waals surface area contributed by atoms with Crippen LogP contribution in [-0.4, -0.2) is 52.3 Å². The Kier molecular flexibility index (Phi) is 5.31. The summed E-state index contributed by atoms with van der Waals surface area (Å²) in [5.74, 6) is 1.96. The highest BCUT2D eigenvalue weighted by atomic mass is 35.5. The minimum Gasteiger partial charge on any atom is -0.495 e. The van der Waals surface area contributed by atoms with Gasteiger partial charge in [0.15, 0.2) is 0 Å². The van der Waals surface area contributed by atoms with Gasteiger partial charge in [-0.3, -0.25) is 9.69 Å². The summed E-state index contributed by atoms with van der Waals surface area (Å²) in [5, 5.41) is 11.9. The van der Waals surface area contributed by atoms with Gasteiger partial charge in [0, 0.05) is 24.2 Å². The van der Waals surface area contributed by atoms with Crippen LogP contribution in [0.4, 0.5) is 5.69 Å². The number of methoxy groups -OCH3 is 1. The van der Waals surface area contributed by atoms with E-state index in [-0.39, 0.29) is 5.91 Å². The SMILES string of the molecule is COc1ccc(NC(=O)CN2CCCC(c3nncn3C3CC3)C2)cc1Cl. The number of ether oxygens (including phenoxy) is 1. The summed E-state index contributed by atoms with van der Waals surface area (Å²) in [6.07, 6.45) is 6.44. The zero-order valence-corrected chi connectivity index (χ0v) is 16.2. The number of benzene rings is 1. The van der Waals surface area contributed by atoms with Crippen molar-refractivity contribution >= 4 is 23.2 Å². The first-order valence-electron chi connectivity index (χ1n) is 9.39. The zero-order chi connectivity index (χ0) is 18.8. The predicted octanol–water partition coefficient (Wildman–Crippen LogP) is 3.09. The van der Waals surface area contributed by atoms with Gasteiger partial charge < -0.3 is 14.6 Å². The normalized spacial score (nSPS) is 20.4. The van der Waals surface area contributed by atoms with Crippen LogP contribution in [-0.2, 0) is 4.79 Å². The van der Waals surface area contributed by atoms with Crippen LogP contribution in [0.1, 0.15) is 43.5 Å². The van der Waals surface area contributed by atoms with Crippen molar-refractivity contribution in [1.82, 2.24) is 19.7 Å². The van der Waals surface area contributed by atoms with E-state index in [2.05, 4.69) is 25.0 Å². The fourth-order valence-electron chi connectivity index (χ4n) is 3.74. The number of amides is 1. The summed E-state index contributed by atoms with van der Waals surface area (Å²) in [6.45, 7) is 2.12. The molecule has 1 saturated heterocycles. The molecule has 1 amide bonds. The first-order chi connectivity index (χ1) is 13.1. The zero-order valence-electron chi connectivity index (χ0n) is 15.4. The molecule has 1 unspecified atom stereocenters. The summed E-state index contributed by atoms with van der Waals surface area (Å²) in [6, 6.07) is 5.82. The topological polar surface area (TPSA) is 72.3 Å². The summed E-state index contributed by atoms with van der Waals surface area (Å²) >= 11 is 6.12. The highest BCUT2D eigenvalue weighted by Gasteiger charge is 2.31. The van der Waals surface area contributed by atoms with E-state index in [1.807, 2.05) is 6.33 Å². The summed E-state index contributed by atoms with van der Waals surface area (Å²) in [5.41, 5.74) is 0.674. The maximum Gasteiger partial charge on any atom is 0.238 e. The van der Waals surface area contributed by atoms with Crippen LogP contribution in [0, 0.1) is 0 Å². The average Bonchev–Trinajstić information content (AvgIpc) is 3.38. The molecule has 2 heterocycles. The Bertz CT molecular complexity index is 820. The van der Waals surface area contributed by atoms with Gasteiger partial charge in [0.1, 0.15) is 17.9 Å². The number of rotatable bonds is 6. The number of carbonyl (C=O) groups excluding carboxylic acids is 1. The minimum absolute atomic E-state index is 0.0412. The number of nitrogens with zero attached hydrogens (tertiary/aromatic N) is 4. The largest absolute Gasteiger partial charge is 0.495 e. The second-order valence-electron chi connectivity index (χ2n) is 7.30. The van der Waals surface area contributed by atoms with Crippen LogP contribution >= 0.6 is 11.6 Å². The highest BCUT2D eigenvalue weighted by molar-refractivity contribution is 6.32. The van der Waals surface area contributed by atoms with E-state index >= 15 is 0 Å². The Morgan fingerprint density at radius 3 is 2.96 bits per heavy atom. The molecule has 1 aliphatic heterocycles. The number of aromatic nitrogens is 3. The van der Waals surface area contributed by atoms with Crippen molar-refractivity contribution in [3.8, 4) is 5.75 Å². The lowest BCUT2D eigenvalue weighted by Gasteiger charge is -2.31. The van der Waals surface area contributed by atoms with E-state index in [9.17, 15) is 4.79 Å². The van der Waals surface area contributed by atoms with Crippen molar-refractivity contribution in [1.29, 1.82) is 0 Å². The van der Waals surface area contributed by atoms with Gasteiger partial charge >= 0.3 is 0 Å². The molecular weight excluding hydrogens is 366 g/mol. The Hall–Kier alpha value is -2.12. The molecule has 2 aromatic rings. The molecule has 1 aromatic heterocycles. The molecule has 1 saturated carbocycles. The number of piperidine rings is 1. The van der Waals surface area contributed by atoms with Gasteiger partial charge in [-0.15, -0.1) is 10.2 Å². The van der Waals surface area contributed by atoms with Gasteiger partial charge in [0.05, 0.1) is 18.7 Å². The second kappa shape index (κ2) is 7.86. The lowest BCUT2D eigenvalue weighted by Crippen LogP contribution is -2.40. The third kappa shape index (κ3) is 4.25. The quantitative estimate of drug-likeness (QED) is 0.821. The van der Waals surface area contributed by atoms with Gasteiger partial charge in [-0.25, -0.2) is 0 Å². The molecule has 27 heavy (non-hydrogen) atoms. The van der Waals surface area contributed by atoms with Crippen LogP contribution in [0.25, 0.3) is 0 Å². The minimum atomic E-state index is -0.0412. The van der Waals surface area contributed by atoms with Crippen LogP contribution in [0.2, 0.25) is 5.02 Å². The van der Waals surface area contributed by atoms with Crippen molar-refractivity contribution in [2.75, 3.05) is 32.1 Å². The molecule has 0 spiro atoms. The molecule has 0 bridgehead atoms. The first-order valence-corrected chi connectivity index (χ1v) is 9.77. The average molecular weight is 390 g/mol. The predicted molar refractivity (Wildman–Crippen MR) is 103 cm³/mol. The third-order valence-electron chi connectivity index (χ3n) is 5.21. The van der Waals surface area contributed by atoms with Crippen LogP contribution in [0.3, 0.4) is 0 Å². The van der Waals surface area contributed by atoms with Gasteiger partial charge in [-0.05, 0) is 50.4 Å². The van der Waals surface area contributed by atoms with Crippen LogP contribution in [0.5, 0.6) is 5.75 Å². The maximum atomic E-state index is 12.5. The fourth-order valence-corrected chi connectivity index (χ4v) is 3.99. The van der Waals surface area contributed by atoms with E-state index in [0.717, 1.165) is 31.8 Å². The first kappa shape index (κ1) is 18.3. The molecule has 8 heteroatoms. The molecule has 2 aliphatic rings. The summed E-state index contributed by atoms with van der Waals surface area (Å²) in [7, 11) is 1.57. The number of halogens is 1. The molecule has 1 aromatic carbocycles. The Balaban J connectivity index is 1.35. The molecule has 2 fully saturated rings.